The van der Waals surface area contributed by atoms with E-state index in [0.29, 0.717) is 6.54 Å². The fourth-order valence-corrected chi connectivity index (χ4v) is 1.52. The van der Waals surface area contributed by atoms with Crippen LogP contribution in [0.4, 0.5) is 5.69 Å². The number of nitrogens with zero attached hydrogens (tertiary/aromatic N) is 2. The van der Waals surface area contributed by atoms with Crippen LogP contribution in [-0.2, 0) is 6.54 Å². The number of rotatable bonds is 2. The normalized spacial score (nSPS) is 15.3. The molecule has 3 nitrogen and oxygen atoms in total. The van der Waals surface area contributed by atoms with Crippen LogP contribution in [0, 0.1) is 0 Å². The second-order valence-corrected chi connectivity index (χ2v) is 3.54. The van der Waals surface area contributed by atoms with E-state index in [0.717, 1.165) is 6.67 Å². The molecule has 0 bridgehead atoms. The van der Waals surface area contributed by atoms with Crippen LogP contribution in [0.5, 0.6) is 0 Å². The Labute approximate surface area is 84.4 Å². The van der Waals surface area contributed by atoms with Gasteiger partial charge in [-0.15, -0.1) is 0 Å². The van der Waals surface area contributed by atoms with E-state index in [1.54, 1.807) is 0 Å². The van der Waals surface area contributed by atoms with Crippen LogP contribution < -0.4 is 10.6 Å². The van der Waals surface area contributed by atoms with Gasteiger partial charge in [0, 0.05) is 31.7 Å². The summed E-state index contributed by atoms with van der Waals surface area (Å²) in [5.41, 5.74) is 7.92. The predicted molar refractivity (Wildman–Crippen MR) is 58.6 cm³/mol. The lowest BCUT2D eigenvalue weighted by Gasteiger charge is -2.18. The van der Waals surface area contributed by atoms with E-state index in [1.165, 1.54) is 11.3 Å². The summed E-state index contributed by atoms with van der Waals surface area (Å²) in [5, 5.41) is 0. The molecule has 0 saturated heterocycles. The SMILES string of the molecule is CN1C=CN(c2ccc(CN)cc2)C1. The van der Waals surface area contributed by atoms with E-state index in [4.69, 9.17) is 5.73 Å². The lowest BCUT2D eigenvalue weighted by Crippen LogP contribution is -2.21. The Kier molecular flexibility index (Phi) is 2.41. The van der Waals surface area contributed by atoms with E-state index in [-0.39, 0.29) is 0 Å². The van der Waals surface area contributed by atoms with Crippen molar-refractivity contribution in [2.24, 2.45) is 5.73 Å². The minimum absolute atomic E-state index is 0.607. The van der Waals surface area contributed by atoms with E-state index < -0.39 is 0 Å². The van der Waals surface area contributed by atoms with Gasteiger partial charge in [0.05, 0.1) is 6.67 Å². The molecule has 1 heterocycles. The molecule has 0 aliphatic carbocycles. The second kappa shape index (κ2) is 3.72. The van der Waals surface area contributed by atoms with Crippen LogP contribution in [0.15, 0.2) is 36.7 Å². The number of hydrogen-bond donors (Lipinski definition) is 1. The molecule has 1 aromatic rings. The van der Waals surface area contributed by atoms with Gasteiger partial charge in [-0.2, -0.15) is 0 Å². The van der Waals surface area contributed by atoms with Gasteiger partial charge in [0.25, 0.3) is 0 Å². The Bertz CT molecular complexity index is 329. The topological polar surface area (TPSA) is 32.5 Å². The minimum atomic E-state index is 0.607. The quantitative estimate of drug-likeness (QED) is 0.761. The maximum Gasteiger partial charge on any atom is 0.0938 e. The zero-order valence-electron chi connectivity index (χ0n) is 8.35. The van der Waals surface area contributed by atoms with E-state index in [9.17, 15) is 0 Å². The highest BCUT2D eigenvalue weighted by molar-refractivity contribution is 5.51. The molecule has 0 saturated carbocycles. The number of nitrogens with two attached hydrogens (primary N) is 1. The van der Waals surface area contributed by atoms with Gasteiger partial charge in [0.2, 0.25) is 0 Å². The largest absolute Gasteiger partial charge is 0.361 e. The van der Waals surface area contributed by atoms with Gasteiger partial charge in [-0.05, 0) is 17.7 Å². The predicted octanol–water partition coefficient (Wildman–Crippen LogP) is 1.33. The maximum atomic E-state index is 5.54. The van der Waals surface area contributed by atoms with Crippen molar-refractivity contribution in [3.63, 3.8) is 0 Å². The van der Waals surface area contributed by atoms with Crippen LogP contribution in [0.25, 0.3) is 0 Å². The average molecular weight is 189 g/mol. The first-order valence-electron chi connectivity index (χ1n) is 4.74. The zero-order valence-corrected chi connectivity index (χ0v) is 8.35. The molecule has 1 aliphatic rings. The molecule has 0 amide bonds. The summed E-state index contributed by atoms with van der Waals surface area (Å²) < 4.78 is 0. The Morgan fingerprint density at radius 2 is 1.93 bits per heavy atom. The molecule has 0 atom stereocenters. The molecule has 1 aliphatic heterocycles. The Morgan fingerprint density at radius 1 is 1.21 bits per heavy atom. The average Bonchev–Trinajstić information content (AvgIpc) is 2.65. The van der Waals surface area contributed by atoms with Crippen molar-refractivity contribution in [2.75, 3.05) is 18.6 Å². The van der Waals surface area contributed by atoms with Crippen molar-refractivity contribution in [2.45, 2.75) is 6.54 Å². The third-order valence-corrected chi connectivity index (χ3v) is 2.38. The molecule has 0 radical (unpaired) electrons. The van der Waals surface area contributed by atoms with Crippen molar-refractivity contribution in [1.82, 2.24) is 4.90 Å². The van der Waals surface area contributed by atoms with Crippen molar-refractivity contribution in [3.8, 4) is 0 Å². The van der Waals surface area contributed by atoms with Gasteiger partial charge in [0.15, 0.2) is 0 Å². The molecule has 0 spiro atoms. The highest BCUT2D eigenvalue weighted by Crippen LogP contribution is 2.18. The summed E-state index contributed by atoms with van der Waals surface area (Å²) in [7, 11) is 2.06. The lowest BCUT2D eigenvalue weighted by molar-refractivity contribution is 0.496. The van der Waals surface area contributed by atoms with Gasteiger partial charge in [-0.3, -0.25) is 0 Å². The monoisotopic (exact) mass is 189 g/mol. The first kappa shape index (κ1) is 9.09. The fraction of sp³-hybridized carbons (Fsp3) is 0.273. The van der Waals surface area contributed by atoms with Crippen LogP contribution in [0.2, 0.25) is 0 Å². The van der Waals surface area contributed by atoms with Crippen LogP contribution in [-0.4, -0.2) is 18.6 Å². The molecule has 74 valence electrons. The highest BCUT2D eigenvalue weighted by Gasteiger charge is 2.09. The third-order valence-electron chi connectivity index (χ3n) is 2.38. The summed E-state index contributed by atoms with van der Waals surface area (Å²) in [6.07, 6.45) is 4.15. The van der Waals surface area contributed by atoms with Gasteiger partial charge in [-0.1, -0.05) is 12.1 Å². The van der Waals surface area contributed by atoms with Crippen LogP contribution >= 0.6 is 0 Å². The minimum Gasteiger partial charge on any atom is -0.361 e. The summed E-state index contributed by atoms with van der Waals surface area (Å²) >= 11 is 0. The number of hydrogen-bond acceptors (Lipinski definition) is 3. The lowest BCUT2D eigenvalue weighted by atomic mass is 10.2. The van der Waals surface area contributed by atoms with Crippen molar-refractivity contribution < 1.29 is 0 Å². The highest BCUT2D eigenvalue weighted by atomic mass is 15.3. The summed E-state index contributed by atoms with van der Waals surface area (Å²) in [4.78, 5) is 4.33. The first-order chi connectivity index (χ1) is 6.79. The molecule has 2 rings (SSSR count). The van der Waals surface area contributed by atoms with Gasteiger partial charge >= 0.3 is 0 Å². The Hall–Kier alpha value is -1.48. The number of benzene rings is 1. The van der Waals surface area contributed by atoms with Crippen LogP contribution in [0.1, 0.15) is 5.56 Å². The number of anilines is 1. The molecule has 0 aromatic heterocycles. The summed E-state index contributed by atoms with van der Waals surface area (Å²) in [6, 6.07) is 8.35. The molecule has 14 heavy (non-hydrogen) atoms. The van der Waals surface area contributed by atoms with Gasteiger partial charge in [0.1, 0.15) is 0 Å². The Morgan fingerprint density at radius 3 is 2.43 bits per heavy atom. The van der Waals surface area contributed by atoms with Crippen molar-refractivity contribution >= 4 is 5.69 Å². The molecule has 0 unspecified atom stereocenters. The molecule has 1 aromatic carbocycles. The molecule has 2 N–H and O–H groups in total. The van der Waals surface area contributed by atoms with Crippen molar-refractivity contribution in [1.29, 1.82) is 0 Å². The first-order valence-corrected chi connectivity index (χ1v) is 4.74. The van der Waals surface area contributed by atoms with Crippen molar-refractivity contribution in [3.05, 3.63) is 42.2 Å². The second-order valence-electron chi connectivity index (χ2n) is 3.54. The fourth-order valence-electron chi connectivity index (χ4n) is 1.52. The standard InChI is InChI=1S/C11H15N3/c1-13-6-7-14(9-13)11-4-2-10(8-12)3-5-11/h2-7H,8-9,12H2,1H3. The Balaban J connectivity index is 2.14. The van der Waals surface area contributed by atoms with E-state index in [2.05, 4.69) is 53.5 Å². The molecule has 3 heteroatoms. The molecule has 0 fully saturated rings. The summed E-state index contributed by atoms with van der Waals surface area (Å²) in [6.45, 7) is 1.53. The molecular formula is C11H15N3. The molecular weight excluding hydrogens is 174 g/mol. The summed E-state index contributed by atoms with van der Waals surface area (Å²) in [5.74, 6) is 0. The van der Waals surface area contributed by atoms with Gasteiger partial charge in [-0.25, -0.2) is 0 Å². The smallest absolute Gasteiger partial charge is 0.0938 e. The van der Waals surface area contributed by atoms with Gasteiger partial charge < -0.3 is 15.5 Å². The maximum absolute atomic E-state index is 5.54. The zero-order chi connectivity index (χ0) is 9.97. The van der Waals surface area contributed by atoms with E-state index >= 15 is 0 Å². The van der Waals surface area contributed by atoms with E-state index in [1.807, 2.05) is 0 Å². The van der Waals surface area contributed by atoms with Crippen LogP contribution in [0.3, 0.4) is 0 Å². The third kappa shape index (κ3) is 1.72.